The highest BCUT2D eigenvalue weighted by molar-refractivity contribution is 7.15. The Morgan fingerprint density at radius 2 is 1.95 bits per heavy atom. The molecule has 1 saturated carbocycles. The molecule has 4 nitrogen and oxygen atoms in total. The molecule has 0 unspecified atom stereocenters. The lowest BCUT2D eigenvalue weighted by Crippen LogP contribution is -2.19. The maximum Gasteiger partial charge on any atom is 0.188 e. The van der Waals surface area contributed by atoms with E-state index in [0.717, 1.165) is 23.1 Å². The van der Waals surface area contributed by atoms with Crippen molar-refractivity contribution in [3.05, 3.63) is 29.0 Å². The Balaban J connectivity index is 1.92. The molecular formula is C15H20N4S. The number of hydrogen-bond acceptors (Lipinski definition) is 5. The molecule has 2 aromatic heterocycles. The van der Waals surface area contributed by atoms with Crippen LogP contribution in [0.15, 0.2) is 18.5 Å². The average molecular weight is 288 g/mol. The van der Waals surface area contributed by atoms with Crippen LogP contribution in [0.3, 0.4) is 0 Å². The van der Waals surface area contributed by atoms with E-state index in [9.17, 15) is 0 Å². The van der Waals surface area contributed by atoms with Crippen LogP contribution in [-0.2, 0) is 12.0 Å². The first-order valence-corrected chi connectivity index (χ1v) is 7.86. The number of nitrogens with one attached hydrogen (secondary N) is 1. The summed E-state index contributed by atoms with van der Waals surface area (Å²) in [5.41, 5.74) is 1.21. The number of thiazole rings is 1. The summed E-state index contributed by atoms with van der Waals surface area (Å²) in [5.74, 6) is 0.723. The van der Waals surface area contributed by atoms with Crippen LogP contribution in [0.2, 0.25) is 0 Å². The van der Waals surface area contributed by atoms with Gasteiger partial charge in [0, 0.05) is 35.3 Å². The first kappa shape index (κ1) is 13.6. The molecule has 0 bridgehead atoms. The van der Waals surface area contributed by atoms with Gasteiger partial charge in [-0.3, -0.25) is 0 Å². The summed E-state index contributed by atoms with van der Waals surface area (Å²) < 4.78 is 0. The quantitative estimate of drug-likeness (QED) is 0.939. The Morgan fingerprint density at radius 1 is 1.25 bits per heavy atom. The Morgan fingerprint density at radius 3 is 2.55 bits per heavy atom. The molecule has 0 aliphatic heterocycles. The van der Waals surface area contributed by atoms with Crippen LogP contribution >= 0.6 is 11.3 Å². The van der Waals surface area contributed by atoms with E-state index in [-0.39, 0.29) is 5.41 Å². The Hall–Kier alpha value is -1.33. The van der Waals surface area contributed by atoms with Crippen LogP contribution in [0, 0.1) is 0 Å². The molecule has 0 spiro atoms. The first-order valence-electron chi connectivity index (χ1n) is 7.05. The monoisotopic (exact) mass is 288 g/mol. The summed E-state index contributed by atoms with van der Waals surface area (Å²) in [4.78, 5) is 14.7. The Kier molecular flexibility index (Phi) is 3.56. The smallest absolute Gasteiger partial charge is 0.188 e. The van der Waals surface area contributed by atoms with Gasteiger partial charge in [-0.15, -0.1) is 11.3 Å². The molecule has 20 heavy (non-hydrogen) atoms. The van der Waals surface area contributed by atoms with Crippen molar-refractivity contribution in [2.24, 2.45) is 0 Å². The van der Waals surface area contributed by atoms with E-state index in [4.69, 9.17) is 4.98 Å². The fraction of sp³-hybridized carbons (Fsp3) is 0.533. The van der Waals surface area contributed by atoms with E-state index in [1.165, 1.54) is 17.7 Å². The highest BCUT2D eigenvalue weighted by Gasteiger charge is 2.26. The van der Waals surface area contributed by atoms with Crippen LogP contribution < -0.4 is 5.32 Å². The molecule has 2 aromatic rings. The van der Waals surface area contributed by atoms with Gasteiger partial charge in [0.1, 0.15) is 0 Å². The van der Waals surface area contributed by atoms with Crippen molar-refractivity contribution >= 4 is 11.3 Å². The molecule has 0 amide bonds. The molecule has 2 heterocycles. The summed E-state index contributed by atoms with van der Waals surface area (Å²) in [5, 5.41) is 4.50. The maximum absolute atomic E-state index is 4.80. The number of hydrogen-bond donors (Lipinski definition) is 1. The van der Waals surface area contributed by atoms with E-state index < -0.39 is 0 Å². The van der Waals surface area contributed by atoms with Gasteiger partial charge in [-0.25, -0.2) is 15.0 Å². The zero-order chi connectivity index (χ0) is 14.2. The van der Waals surface area contributed by atoms with E-state index in [0.29, 0.717) is 6.04 Å². The summed E-state index contributed by atoms with van der Waals surface area (Å²) in [7, 11) is 0. The van der Waals surface area contributed by atoms with Crippen molar-refractivity contribution in [3.8, 4) is 10.8 Å². The minimum atomic E-state index is 0.0457. The topological polar surface area (TPSA) is 50.7 Å². The van der Waals surface area contributed by atoms with Gasteiger partial charge in [0.25, 0.3) is 0 Å². The third kappa shape index (κ3) is 3.04. The first-order chi connectivity index (χ1) is 9.54. The highest BCUT2D eigenvalue weighted by atomic mass is 32.1. The lowest BCUT2D eigenvalue weighted by molar-refractivity contribution is 0.559. The second-order valence-electron chi connectivity index (χ2n) is 6.27. The van der Waals surface area contributed by atoms with Crippen LogP contribution in [0.4, 0.5) is 0 Å². The van der Waals surface area contributed by atoms with Gasteiger partial charge in [0.2, 0.25) is 0 Å². The van der Waals surface area contributed by atoms with Crippen LogP contribution in [0.5, 0.6) is 0 Å². The van der Waals surface area contributed by atoms with E-state index in [1.54, 1.807) is 23.7 Å². The Labute approximate surface area is 123 Å². The predicted molar refractivity (Wildman–Crippen MR) is 81.7 cm³/mol. The molecular weight excluding hydrogens is 268 g/mol. The molecule has 1 aliphatic carbocycles. The molecule has 0 aromatic carbocycles. The van der Waals surface area contributed by atoms with Gasteiger partial charge in [0.15, 0.2) is 10.8 Å². The summed E-state index contributed by atoms with van der Waals surface area (Å²) >= 11 is 1.71. The zero-order valence-electron chi connectivity index (χ0n) is 12.2. The van der Waals surface area contributed by atoms with E-state index in [2.05, 4.69) is 36.1 Å². The van der Waals surface area contributed by atoms with Crippen molar-refractivity contribution < 1.29 is 0 Å². The molecule has 1 N–H and O–H groups in total. The van der Waals surface area contributed by atoms with Gasteiger partial charge in [-0.05, 0) is 18.9 Å². The molecule has 1 aliphatic rings. The van der Waals surface area contributed by atoms with Crippen molar-refractivity contribution in [2.75, 3.05) is 0 Å². The summed E-state index contributed by atoms with van der Waals surface area (Å²) in [6.07, 6.45) is 6.14. The molecule has 5 heteroatoms. The zero-order valence-corrected chi connectivity index (χ0v) is 13.0. The number of nitrogens with zero attached hydrogens (tertiary/aromatic N) is 3. The third-order valence-corrected chi connectivity index (χ3v) is 4.34. The van der Waals surface area contributed by atoms with Crippen molar-refractivity contribution in [3.63, 3.8) is 0 Å². The van der Waals surface area contributed by atoms with Crippen LogP contribution in [0.1, 0.15) is 44.2 Å². The summed E-state index contributed by atoms with van der Waals surface area (Å²) in [6.45, 7) is 7.52. The predicted octanol–water partition coefficient (Wildman–Crippen LogP) is 3.15. The fourth-order valence-corrected chi connectivity index (χ4v) is 3.26. The lowest BCUT2D eigenvalue weighted by Gasteiger charge is -2.17. The number of aromatic nitrogens is 3. The lowest BCUT2D eigenvalue weighted by atomic mass is 9.91. The van der Waals surface area contributed by atoms with E-state index >= 15 is 0 Å². The Bertz CT molecular complexity index is 582. The third-order valence-electron chi connectivity index (χ3n) is 3.29. The number of rotatable bonds is 4. The van der Waals surface area contributed by atoms with Gasteiger partial charge in [-0.1, -0.05) is 20.8 Å². The van der Waals surface area contributed by atoms with Crippen molar-refractivity contribution in [1.29, 1.82) is 0 Å². The minimum Gasteiger partial charge on any atom is -0.309 e. The van der Waals surface area contributed by atoms with Gasteiger partial charge in [-0.2, -0.15) is 0 Å². The molecule has 3 rings (SSSR count). The average Bonchev–Trinajstić information content (AvgIpc) is 3.14. The second-order valence-corrected chi connectivity index (χ2v) is 7.35. The molecule has 0 atom stereocenters. The van der Waals surface area contributed by atoms with Gasteiger partial charge in [0.05, 0.1) is 5.69 Å². The summed E-state index contributed by atoms with van der Waals surface area (Å²) in [6, 6.07) is 2.54. The maximum atomic E-state index is 4.80. The normalized spacial score (nSPS) is 15.6. The van der Waals surface area contributed by atoms with Crippen LogP contribution in [-0.4, -0.2) is 21.0 Å². The van der Waals surface area contributed by atoms with Crippen molar-refractivity contribution in [1.82, 2.24) is 20.3 Å². The fourth-order valence-electron chi connectivity index (χ4n) is 2.09. The highest BCUT2D eigenvalue weighted by Crippen LogP contribution is 2.33. The molecule has 0 radical (unpaired) electrons. The molecule has 106 valence electrons. The standard InChI is InChI=1S/C15H20N4S/c1-15(2,3)12-11(9-18-10-5-6-10)20-14(19-12)13-16-7-4-8-17-13/h4,7-8,10,18H,5-6,9H2,1-3H3. The van der Waals surface area contributed by atoms with E-state index in [1.807, 2.05) is 6.07 Å². The largest absolute Gasteiger partial charge is 0.309 e. The SMILES string of the molecule is CC(C)(C)c1nc(-c2ncccn2)sc1CNC1CC1. The van der Waals surface area contributed by atoms with Gasteiger partial charge < -0.3 is 5.32 Å². The molecule has 0 saturated heterocycles. The van der Waals surface area contributed by atoms with Crippen LogP contribution in [0.25, 0.3) is 10.8 Å². The van der Waals surface area contributed by atoms with Crippen molar-refractivity contribution in [2.45, 2.75) is 51.6 Å². The van der Waals surface area contributed by atoms with Gasteiger partial charge >= 0.3 is 0 Å². The second kappa shape index (κ2) is 5.22. The minimum absolute atomic E-state index is 0.0457. The molecule has 1 fully saturated rings.